The van der Waals surface area contributed by atoms with Gasteiger partial charge in [-0.25, -0.2) is 0 Å². The molecule has 1 N–H and O–H groups in total. The molecule has 0 bridgehead atoms. The minimum absolute atomic E-state index is 0.147. The van der Waals surface area contributed by atoms with Crippen molar-refractivity contribution in [1.82, 2.24) is 14.8 Å². The van der Waals surface area contributed by atoms with E-state index in [9.17, 15) is 5.26 Å². The lowest BCUT2D eigenvalue weighted by Gasteiger charge is -2.19. The maximum atomic E-state index is 9.31. The molecule has 144 valence electrons. The van der Waals surface area contributed by atoms with Crippen LogP contribution < -0.4 is 5.32 Å². The molecule has 0 radical (unpaired) electrons. The Morgan fingerprint density at radius 2 is 1.79 bits per heavy atom. The second kappa shape index (κ2) is 7.85. The van der Waals surface area contributed by atoms with E-state index < -0.39 is 0 Å². The van der Waals surface area contributed by atoms with Crippen LogP contribution in [-0.2, 0) is 25.4 Å². The van der Waals surface area contributed by atoms with Gasteiger partial charge in [-0.1, -0.05) is 52.0 Å². The molecule has 5 heteroatoms. The summed E-state index contributed by atoms with van der Waals surface area (Å²) in [5.74, 6) is 1.68. The molecule has 1 heterocycles. The van der Waals surface area contributed by atoms with Gasteiger partial charge >= 0.3 is 0 Å². The highest BCUT2D eigenvalue weighted by molar-refractivity contribution is 5.75. The van der Waals surface area contributed by atoms with Gasteiger partial charge in [-0.05, 0) is 34.7 Å². The van der Waals surface area contributed by atoms with E-state index in [4.69, 9.17) is 0 Å². The zero-order chi connectivity index (χ0) is 20.3. The van der Waals surface area contributed by atoms with Crippen LogP contribution in [0, 0.1) is 11.3 Å². The van der Waals surface area contributed by atoms with Crippen LogP contribution in [0.3, 0.4) is 0 Å². The Labute approximate surface area is 167 Å². The van der Waals surface area contributed by atoms with Crippen LogP contribution in [0.2, 0.25) is 0 Å². The first-order chi connectivity index (χ1) is 13.3. The summed E-state index contributed by atoms with van der Waals surface area (Å²) < 4.78 is 1.99. The zero-order valence-corrected chi connectivity index (χ0v) is 17.2. The van der Waals surface area contributed by atoms with Crippen molar-refractivity contribution in [2.24, 2.45) is 7.05 Å². The van der Waals surface area contributed by atoms with Crippen LogP contribution >= 0.6 is 0 Å². The quantitative estimate of drug-likeness (QED) is 0.696. The highest BCUT2D eigenvalue weighted by Crippen LogP contribution is 2.29. The number of nitrogens with one attached hydrogen (secondary N) is 1. The lowest BCUT2D eigenvalue weighted by Crippen LogP contribution is -2.11. The molecule has 0 saturated heterocycles. The second-order valence-corrected chi connectivity index (χ2v) is 8.03. The summed E-state index contributed by atoms with van der Waals surface area (Å²) in [7, 11) is 1.96. The lowest BCUT2D eigenvalue weighted by molar-refractivity contribution is 0.590. The first kappa shape index (κ1) is 19.6. The largest absolute Gasteiger partial charge is 0.380 e. The molecule has 1 aromatic heterocycles. The Kier molecular flexibility index (Phi) is 5.51. The van der Waals surface area contributed by atoms with Gasteiger partial charge in [-0.3, -0.25) is 0 Å². The predicted molar refractivity (Wildman–Crippen MR) is 113 cm³/mol. The molecule has 28 heavy (non-hydrogen) atoms. The van der Waals surface area contributed by atoms with Crippen molar-refractivity contribution >= 4 is 5.69 Å². The molecular weight excluding hydrogens is 346 g/mol. The summed E-state index contributed by atoms with van der Waals surface area (Å²) in [4.78, 5) is 0. The molecule has 0 atom stereocenters. The lowest BCUT2D eigenvalue weighted by atomic mass is 9.87. The summed E-state index contributed by atoms with van der Waals surface area (Å²) in [5.41, 5.74) is 5.11. The van der Waals surface area contributed by atoms with Crippen molar-refractivity contribution in [3.8, 4) is 17.5 Å². The average Bonchev–Trinajstić information content (AvgIpc) is 3.06. The fraction of sp³-hybridized carbons (Fsp3) is 0.348. The molecule has 0 fully saturated rings. The van der Waals surface area contributed by atoms with E-state index in [2.05, 4.69) is 73.5 Å². The third-order valence-corrected chi connectivity index (χ3v) is 4.97. The summed E-state index contributed by atoms with van der Waals surface area (Å²) in [6, 6.07) is 16.5. The Bertz CT molecular complexity index is 1000. The van der Waals surface area contributed by atoms with E-state index in [-0.39, 0.29) is 5.41 Å². The highest BCUT2D eigenvalue weighted by Gasteiger charge is 2.15. The van der Waals surface area contributed by atoms with Gasteiger partial charge in [0, 0.05) is 31.3 Å². The number of nitrogens with zero attached hydrogens (tertiary/aromatic N) is 4. The Hall–Kier alpha value is -3.13. The van der Waals surface area contributed by atoms with E-state index in [1.54, 1.807) is 0 Å². The van der Waals surface area contributed by atoms with Gasteiger partial charge in [0.05, 0.1) is 11.6 Å². The number of aromatic nitrogens is 3. The molecule has 0 unspecified atom stereocenters. The molecule has 3 aromatic rings. The molecule has 0 aliphatic carbocycles. The van der Waals surface area contributed by atoms with Gasteiger partial charge < -0.3 is 9.88 Å². The molecular formula is C23H27N5. The van der Waals surface area contributed by atoms with E-state index >= 15 is 0 Å². The maximum Gasteiger partial charge on any atom is 0.165 e. The van der Waals surface area contributed by atoms with Crippen LogP contribution in [0.25, 0.3) is 11.4 Å². The number of benzene rings is 2. The monoisotopic (exact) mass is 373 g/mol. The zero-order valence-electron chi connectivity index (χ0n) is 17.2. The predicted octanol–water partition coefficient (Wildman–Crippen LogP) is 4.83. The first-order valence-corrected chi connectivity index (χ1v) is 9.59. The number of rotatable bonds is 5. The van der Waals surface area contributed by atoms with Gasteiger partial charge in [0.1, 0.15) is 5.82 Å². The average molecular weight is 374 g/mol. The Morgan fingerprint density at radius 3 is 2.36 bits per heavy atom. The summed E-state index contributed by atoms with van der Waals surface area (Å²) in [6.07, 6.45) is 0.810. The fourth-order valence-corrected chi connectivity index (χ4v) is 3.18. The molecule has 5 nitrogen and oxygen atoms in total. The summed E-state index contributed by atoms with van der Waals surface area (Å²) >= 11 is 0. The third-order valence-electron chi connectivity index (χ3n) is 4.97. The number of nitriles is 1. The second-order valence-electron chi connectivity index (χ2n) is 8.03. The maximum absolute atomic E-state index is 9.31. The fourth-order valence-electron chi connectivity index (χ4n) is 3.18. The smallest absolute Gasteiger partial charge is 0.165 e. The van der Waals surface area contributed by atoms with Crippen molar-refractivity contribution in [2.45, 2.75) is 46.1 Å². The number of hydrogen-bond donors (Lipinski definition) is 1. The number of aryl methyl sites for hydroxylation is 1. The molecule has 0 aliphatic rings. The normalized spacial score (nSPS) is 11.3. The molecule has 0 spiro atoms. The van der Waals surface area contributed by atoms with E-state index in [1.165, 1.54) is 11.1 Å². The van der Waals surface area contributed by atoms with Crippen LogP contribution in [0.1, 0.15) is 50.2 Å². The van der Waals surface area contributed by atoms with Crippen molar-refractivity contribution in [3.63, 3.8) is 0 Å². The van der Waals surface area contributed by atoms with Gasteiger partial charge in [-0.15, -0.1) is 10.2 Å². The van der Waals surface area contributed by atoms with Gasteiger partial charge in [0.15, 0.2) is 5.82 Å². The SMILES string of the molecule is CCc1nnc(-c2cc(C#N)ccc2NCc2ccc(C(C)(C)C)cc2)n1C. The molecule has 0 aliphatic heterocycles. The van der Waals surface area contributed by atoms with Gasteiger partial charge in [0.25, 0.3) is 0 Å². The van der Waals surface area contributed by atoms with E-state index in [0.29, 0.717) is 12.1 Å². The Morgan fingerprint density at radius 1 is 1.07 bits per heavy atom. The number of hydrogen-bond acceptors (Lipinski definition) is 4. The van der Waals surface area contributed by atoms with Crippen molar-refractivity contribution in [3.05, 3.63) is 65.0 Å². The van der Waals surface area contributed by atoms with Crippen LogP contribution in [0.5, 0.6) is 0 Å². The van der Waals surface area contributed by atoms with Crippen molar-refractivity contribution in [1.29, 1.82) is 5.26 Å². The van der Waals surface area contributed by atoms with Gasteiger partial charge in [-0.2, -0.15) is 5.26 Å². The van der Waals surface area contributed by atoms with Crippen LogP contribution in [0.15, 0.2) is 42.5 Å². The van der Waals surface area contributed by atoms with Crippen molar-refractivity contribution < 1.29 is 0 Å². The van der Waals surface area contributed by atoms with E-state index in [0.717, 1.165) is 29.3 Å². The topological polar surface area (TPSA) is 66.5 Å². The molecule has 0 amide bonds. The minimum Gasteiger partial charge on any atom is -0.380 e. The van der Waals surface area contributed by atoms with Gasteiger partial charge in [0.2, 0.25) is 0 Å². The summed E-state index contributed by atoms with van der Waals surface area (Å²) in [5, 5.41) is 21.4. The van der Waals surface area contributed by atoms with Crippen molar-refractivity contribution in [2.75, 3.05) is 5.32 Å². The van der Waals surface area contributed by atoms with Crippen LogP contribution in [-0.4, -0.2) is 14.8 Å². The molecule has 0 saturated carbocycles. The molecule has 3 rings (SSSR count). The third kappa shape index (κ3) is 4.07. The summed E-state index contributed by atoms with van der Waals surface area (Å²) in [6.45, 7) is 9.40. The first-order valence-electron chi connectivity index (χ1n) is 9.59. The standard InChI is InChI=1S/C23H27N5/c1-6-21-26-27-22(28(21)5)19-13-17(14-24)9-12-20(19)25-15-16-7-10-18(11-8-16)23(2,3)4/h7-13,25H,6,15H2,1-5H3. The molecule has 2 aromatic carbocycles. The number of anilines is 1. The highest BCUT2D eigenvalue weighted by atomic mass is 15.3. The minimum atomic E-state index is 0.147. The Balaban J connectivity index is 1.88. The van der Waals surface area contributed by atoms with E-state index in [1.807, 2.05) is 29.8 Å². The van der Waals surface area contributed by atoms with Crippen LogP contribution in [0.4, 0.5) is 5.69 Å².